The van der Waals surface area contributed by atoms with Gasteiger partial charge in [-0.25, -0.2) is 0 Å². The highest BCUT2D eigenvalue weighted by molar-refractivity contribution is 6.31. The third-order valence-corrected chi connectivity index (χ3v) is 5.93. The molecule has 0 saturated carbocycles. The molecule has 2 aromatic rings. The smallest absolute Gasteiger partial charge is 0.303 e. The fourth-order valence-electron chi connectivity index (χ4n) is 4.02. The van der Waals surface area contributed by atoms with Crippen molar-refractivity contribution < 1.29 is 42.9 Å². The molecule has 1 fully saturated rings. The first-order valence-corrected chi connectivity index (χ1v) is 12.1. The number of ketones is 1. The van der Waals surface area contributed by atoms with E-state index < -0.39 is 48.1 Å². The fourth-order valence-corrected chi connectivity index (χ4v) is 4.21. The third kappa shape index (κ3) is 7.53. The van der Waals surface area contributed by atoms with E-state index in [0.29, 0.717) is 23.6 Å². The molecule has 0 amide bonds. The van der Waals surface area contributed by atoms with Crippen LogP contribution in [-0.4, -0.2) is 55.2 Å². The number of hydrogen-bond acceptors (Lipinski definition) is 9. The zero-order chi connectivity index (χ0) is 27.1. The van der Waals surface area contributed by atoms with Gasteiger partial charge in [0, 0.05) is 25.8 Å². The average molecular weight is 533 g/mol. The van der Waals surface area contributed by atoms with Crippen molar-refractivity contribution in [1.29, 1.82) is 0 Å². The normalized spacial score (nSPS) is 21.2. The van der Waals surface area contributed by atoms with Crippen molar-refractivity contribution in [3.8, 4) is 5.75 Å². The summed E-state index contributed by atoms with van der Waals surface area (Å²) in [6, 6.07) is 12.7. The summed E-state index contributed by atoms with van der Waals surface area (Å²) in [5, 5.41) is 0.501. The van der Waals surface area contributed by atoms with Crippen molar-refractivity contribution >= 4 is 35.3 Å². The van der Waals surface area contributed by atoms with E-state index >= 15 is 0 Å². The van der Waals surface area contributed by atoms with E-state index in [4.69, 9.17) is 35.3 Å². The van der Waals surface area contributed by atoms with Crippen LogP contribution in [0.2, 0.25) is 5.02 Å². The van der Waals surface area contributed by atoms with Gasteiger partial charge < -0.3 is 23.7 Å². The lowest BCUT2D eigenvalue weighted by atomic mass is 9.90. The molecule has 0 unspecified atom stereocenters. The highest BCUT2D eigenvalue weighted by Crippen LogP contribution is 2.36. The van der Waals surface area contributed by atoms with Gasteiger partial charge in [0.1, 0.15) is 18.5 Å². The van der Waals surface area contributed by atoms with Crippen molar-refractivity contribution in [1.82, 2.24) is 0 Å². The number of halogens is 1. The molecule has 0 aliphatic carbocycles. The van der Waals surface area contributed by atoms with Crippen LogP contribution in [0.15, 0.2) is 42.5 Å². The Balaban J connectivity index is 1.97. The van der Waals surface area contributed by atoms with Crippen molar-refractivity contribution in [2.24, 2.45) is 0 Å². The van der Waals surface area contributed by atoms with Gasteiger partial charge in [0.2, 0.25) is 11.9 Å². The summed E-state index contributed by atoms with van der Waals surface area (Å²) in [4.78, 5) is 48.2. The summed E-state index contributed by atoms with van der Waals surface area (Å²) in [7, 11) is 0. The Labute approximate surface area is 219 Å². The maximum absolute atomic E-state index is 13.1. The lowest BCUT2D eigenvalue weighted by Gasteiger charge is -2.39. The fraction of sp³-hybridized carbons (Fsp3) is 0.407. The van der Waals surface area contributed by atoms with E-state index in [1.54, 1.807) is 18.2 Å². The van der Waals surface area contributed by atoms with Crippen molar-refractivity contribution in [2.75, 3.05) is 13.2 Å². The predicted molar refractivity (Wildman–Crippen MR) is 132 cm³/mol. The van der Waals surface area contributed by atoms with Gasteiger partial charge in [0.25, 0.3) is 0 Å². The van der Waals surface area contributed by atoms with Crippen LogP contribution >= 0.6 is 11.6 Å². The standard InChI is InChI=1S/C27H29ClO9/c1-5-33-21-9-6-18(7-10-21)12-20-13-19(8-11-22(20)28)25-27(36-17(4)31)26(35-16(3)30)24(32)23(37-25)14-34-15(2)29/h6-11,13,23,25-27H,5,12,14H2,1-4H3/t23-,25+,26+,27-/m1/s1. The highest BCUT2D eigenvalue weighted by Gasteiger charge is 2.50. The molecular formula is C27H29ClO9. The van der Waals surface area contributed by atoms with Crippen LogP contribution in [0.4, 0.5) is 0 Å². The van der Waals surface area contributed by atoms with Crippen molar-refractivity contribution in [2.45, 2.75) is 58.5 Å². The average Bonchev–Trinajstić information content (AvgIpc) is 2.83. The molecule has 3 rings (SSSR count). The second-order valence-electron chi connectivity index (χ2n) is 8.46. The van der Waals surface area contributed by atoms with Crippen molar-refractivity contribution in [3.05, 3.63) is 64.2 Å². The Morgan fingerprint density at radius 2 is 1.62 bits per heavy atom. The van der Waals surface area contributed by atoms with Crippen LogP contribution in [0.1, 0.15) is 50.5 Å². The topological polar surface area (TPSA) is 114 Å². The van der Waals surface area contributed by atoms with Crippen LogP contribution < -0.4 is 4.74 Å². The molecule has 1 aliphatic heterocycles. The highest BCUT2D eigenvalue weighted by atomic mass is 35.5. The van der Waals surface area contributed by atoms with Crippen LogP contribution in [0.25, 0.3) is 0 Å². The van der Waals surface area contributed by atoms with Crippen LogP contribution in [0.3, 0.4) is 0 Å². The Kier molecular flexibility index (Phi) is 9.66. The number of Topliss-reactive ketones (excluding diaryl/α,β-unsaturated/α-hetero) is 1. The molecule has 0 N–H and O–H groups in total. The molecule has 37 heavy (non-hydrogen) atoms. The second kappa shape index (κ2) is 12.7. The largest absolute Gasteiger partial charge is 0.494 e. The molecule has 0 aromatic heterocycles. The number of hydrogen-bond donors (Lipinski definition) is 0. The maximum Gasteiger partial charge on any atom is 0.303 e. The molecule has 9 nitrogen and oxygen atoms in total. The first-order chi connectivity index (χ1) is 17.6. The van der Waals surface area contributed by atoms with E-state index in [0.717, 1.165) is 23.8 Å². The van der Waals surface area contributed by atoms with Crippen LogP contribution in [0.5, 0.6) is 5.75 Å². The Morgan fingerprint density at radius 1 is 0.946 bits per heavy atom. The summed E-state index contributed by atoms with van der Waals surface area (Å²) in [5.41, 5.74) is 2.27. The SMILES string of the molecule is CCOc1ccc(Cc2cc([C@@H]3O[C@H](COC(C)=O)C(=O)[C@H](OC(C)=O)[C@@H]3OC(C)=O)ccc2Cl)cc1. The minimum absolute atomic E-state index is 0.387. The first kappa shape index (κ1) is 28.1. The van der Waals surface area contributed by atoms with Gasteiger partial charge in [0.15, 0.2) is 12.2 Å². The van der Waals surface area contributed by atoms with E-state index in [1.807, 2.05) is 31.2 Å². The minimum Gasteiger partial charge on any atom is -0.494 e. The van der Waals surface area contributed by atoms with Gasteiger partial charge >= 0.3 is 17.9 Å². The van der Waals surface area contributed by atoms with E-state index in [2.05, 4.69) is 0 Å². The van der Waals surface area contributed by atoms with Crippen LogP contribution in [-0.2, 0) is 44.5 Å². The summed E-state index contributed by atoms with van der Waals surface area (Å²) in [5.74, 6) is -1.96. The van der Waals surface area contributed by atoms with Gasteiger partial charge in [0.05, 0.1) is 6.61 Å². The van der Waals surface area contributed by atoms with Crippen molar-refractivity contribution in [3.63, 3.8) is 0 Å². The molecule has 10 heteroatoms. The monoisotopic (exact) mass is 532 g/mol. The summed E-state index contributed by atoms with van der Waals surface area (Å²) in [6.07, 6.45) is -4.49. The van der Waals surface area contributed by atoms with Gasteiger partial charge in [-0.15, -0.1) is 0 Å². The van der Waals surface area contributed by atoms with Gasteiger partial charge in [-0.1, -0.05) is 35.9 Å². The van der Waals surface area contributed by atoms with E-state index in [1.165, 1.54) is 13.8 Å². The third-order valence-electron chi connectivity index (χ3n) is 5.57. The Morgan fingerprint density at radius 3 is 2.22 bits per heavy atom. The number of ether oxygens (including phenoxy) is 5. The molecule has 0 spiro atoms. The van der Waals surface area contributed by atoms with Crippen LogP contribution in [0, 0.1) is 0 Å². The summed E-state index contributed by atoms with van der Waals surface area (Å²) >= 11 is 6.49. The van der Waals surface area contributed by atoms with Gasteiger partial charge in [-0.05, 0) is 48.2 Å². The maximum atomic E-state index is 13.1. The molecule has 0 bridgehead atoms. The first-order valence-electron chi connectivity index (χ1n) is 11.8. The molecule has 1 saturated heterocycles. The van der Waals surface area contributed by atoms with E-state index in [-0.39, 0.29) is 6.61 Å². The molecule has 4 atom stereocenters. The number of carbonyl (C=O) groups is 4. The van der Waals surface area contributed by atoms with Gasteiger partial charge in [-0.2, -0.15) is 0 Å². The summed E-state index contributed by atoms with van der Waals surface area (Å²) in [6.45, 7) is 5.60. The molecule has 1 heterocycles. The molecule has 2 aromatic carbocycles. The Bertz CT molecular complexity index is 1150. The van der Waals surface area contributed by atoms with Gasteiger partial charge in [-0.3, -0.25) is 19.2 Å². The number of benzene rings is 2. The molecule has 1 aliphatic rings. The molecule has 0 radical (unpaired) electrons. The lowest BCUT2D eigenvalue weighted by Crippen LogP contribution is -2.55. The second-order valence-corrected chi connectivity index (χ2v) is 8.87. The summed E-state index contributed by atoms with van der Waals surface area (Å²) < 4.78 is 27.2. The molecular weight excluding hydrogens is 504 g/mol. The predicted octanol–water partition coefficient (Wildman–Crippen LogP) is 3.77. The zero-order valence-corrected chi connectivity index (χ0v) is 21.8. The number of esters is 3. The minimum atomic E-state index is -1.45. The zero-order valence-electron chi connectivity index (χ0n) is 21.0. The van der Waals surface area contributed by atoms with E-state index in [9.17, 15) is 19.2 Å². The Hall–Kier alpha value is -3.43. The number of rotatable bonds is 9. The number of carbonyl (C=O) groups excluding carboxylic acids is 4. The molecule has 198 valence electrons. The lowest BCUT2D eigenvalue weighted by molar-refractivity contribution is -0.210. The quantitative estimate of drug-likeness (QED) is 0.351.